The average Bonchev–Trinajstić information content (AvgIpc) is 2.06. The van der Waals surface area contributed by atoms with Crippen molar-refractivity contribution in [2.45, 2.75) is 6.42 Å². The fourth-order valence-corrected chi connectivity index (χ4v) is 2.93. The van der Waals surface area contributed by atoms with Crippen LogP contribution in [0.15, 0.2) is 0 Å². The first kappa shape index (κ1) is 9.80. The van der Waals surface area contributed by atoms with Crippen LogP contribution in [0, 0.1) is 18.3 Å². The third-order valence-corrected chi connectivity index (χ3v) is 4.68. The molecule has 0 saturated carbocycles. The van der Waals surface area contributed by atoms with Gasteiger partial charge in [-0.25, -0.2) is 4.67 Å². The molecule has 68 valence electrons. The van der Waals surface area contributed by atoms with Gasteiger partial charge in [-0.15, -0.1) is 12.3 Å². The van der Waals surface area contributed by atoms with Crippen LogP contribution < -0.4 is 0 Å². The van der Waals surface area contributed by atoms with Gasteiger partial charge < -0.3 is 4.52 Å². The van der Waals surface area contributed by atoms with Crippen LogP contribution in [0.25, 0.3) is 0 Å². The van der Waals surface area contributed by atoms with Gasteiger partial charge in [0.05, 0.1) is 6.61 Å². The van der Waals surface area contributed by atoms with E-state index in [0.717, 1.165) is 6.42 Å². The maximum atomic E-state index is 11.8. The molecule has 0 aromatic heterocycles. The van der Waals surface area contributed by atoms with Crippen molar-refractivity contribution in [3.63, 3.8) is 0 Å². The van der Waals surface area contributed by atoms with Crippen LogP contribution in [-0.4, -0.2) is 31.5 Å². The van der Waals surface area contributed by atoms with Crippen LogP contribution >= 0.6 is 7.52 Å². The maximum Gasteiger partial charge on any atom is 0.271 e. The second-order valence-corrected chi connectivity index (χ2v) is 5.94. The van der Waals surface area contributed by atoms with Crippen LogP contribution in [0.2, 0.25) is 0 Å². The number of rotatable bonds is 1. The summed E-state index contributed by atoms with van der Waals surface area (Å²) in [7, 11) is 1.05. The van der Waals surface area contributed by atoms with E-state index in [9.17, 15) is 4.57 Å². The highest BCUT2D eigenvalue weighted by atomic mass is 31.2. The van der Waals surface area contributed by atoms with Crippen molar-refractivity contribution in [1.82, 2.24) is 4.67 Å². The first-order valence-corrected chi connectivity index (χ1v) is 5.72. The minimum Gasteiger partial charge on any atom is -0.316 e. The molecule has 2 unspecified atom stereocenters. The van der Waals surface area contributed by atoms with Gasteiger partial charge in [-0.3, -0.25) is 4.57 Å². The van der Waals surface area contributed by atoms with E-state index in [-0.39, 0.29) is 5.92 Å². The average molecular weight is 187 g/mol. The zero-order valence-electron chi connectivity index (χ0n) is 7.49. The predicted octanol–water partition coefficient (Wildman–Crippen LogP) is 1.41. The molecule has 0 amide bonds. The van der Waals surface area contributed by atoms with Gasteiger partial charge in [-0.1, -0.05) is 0 Å². The summed E-state index contributed by atoms with van der Waals surface area (Å²) in [5, 5.41) is 0. The lowest BCUT2D eigenvalue weighted by molar-refractivity contribution is 0.229. The molecule has 2 atom stereocenters. The van der Waals surface area contributed by atoms with Crippen molar-refractivity contribution >= 4 is 7.52 Å². The molecule has 4 heteroatoms. The van der Waals surface area contributed by atoms with Crippen LogP contribution in [0.1, 0.15) is 6.42 Å². The molecule has 1 saturated heterocycles. The normalized spacial score (nSPS) is 36.3. The fraction of sp³-hybridized carbons (Fsp3) is 0.750. The van der Waals surface area contributed by atoms with E-state index in [0.29, 0.717) is 12.8 Å². The van der Waals surface area contributed by atoms with E-state index in [1.807, 2.05) is 0 Å². The smallest absolute Gasteiger partial charge is 0.271 e. The largest absolute Gasteiger partial charge is 0.316 e. The highest BCUT2D eigenvalue weighted by Crippen LogP contribution is 2.52. The van der Waals surface area contributed by atoms with E-state index in [1.54, 1.807) is 18.8 Å². The Hall–Kier alpha value is -0.290. The van der Waals surface area contributed by atoms with Crippen LogP contribution in [0.5, 0.6) is 0 Å². The second kappa shape index (κ2) is 3.62. The van der Waals surface area contributed by atoms with Gasteiger partial charge in [0.25, 0.3) is 7.52 Å². The standard InChI is InChI=1S/C8H14NO2P/c1-4-8-5-6-12(10,9(2)3)11-7-8/h1,8H,5-7H2,2-3H3. The van der Waals surface area contributed by atoms with E-state index < -0.39 is 7.52 Å². The molecule has 0 spiro atoms. The predicted molar refractivity (Wildman–Crippen MR) is 49.1 cm³/mol. The minimum absolute atomic E-state index is 0.145. The molecule has 0 radical (unpaired) electrons. The van der Waals surface area contributed by atoms with E-state index in [2.05, 4.69) is 5.92 Å². The summed E-state index contributed by atoms with van der Waals surface area (Å²) in [6.07, 6.45) is 6.62. The maximum absolute atomic E-state index is 11.8. The van der Waals surface area contributed by atoms with Crippen LogP contribution in [0.4, 0.5) is 0 Å². The van der Waals surface area contributed by atoms with Gasteiger partial charge in [-0.05, 0) is 20.5 Å². The lowest BCUT2D eigenvalue weighted by atomic mass is 10.1. The SMILES string of the molecule is C#CC1CCP(=O)(N(C)C)OC1. The highest BCUT2D eigenvalue weighted by molar-refractivity contribution is 7.56. The quantitative estimate of drug-likeness (QED) is 0.459. The summed E-state index contributed by atoms with van der Waals surface area (Å²) in [5.74, 6) is 2.76. The number of nitrogens with zero attached hydrogens (tertiary/aromatic N) is 1. The van der Waals surface area contributed by atoms with Gasteiger partial charge in [0.2, 0.25) is 0 Å². The summed E-state index contributed by atoms with van der Waals surface area (Å²) >= 11 is 0. The van der Waals surface area contributed by atoms with Gasteiger partial charge in [0, 0.05) is 12.1 Å². The molecule has 12 heavy (non-hydrogen) atoms. The monoisotopic (exact) mass is 187 g/mol. The summed E-state index contributed by atoms with van der Waals surface area (Å²) in [6.45, 7) is 0.436. The number of hydrogen-bond acceptors (Lipinski definition) is 2. The number of terminal acetylenes is 1. The molecule has 0 aliphatic carbocycles. The molecule has 0 bridgehead atoms. The molecular formula is C8H14NO2P. The van der Waals surface area contributed by atoms with Crippen molar-refractivity contribution in [3.8, 4) is 12.3 Å². The molecule has 1 rings (SSSR count). The molecule has 1 fully saturated rings. The summed E-state index contributed by atoms with van der Waals surface area (Å²) < 4.78 is 18.8. The molecule has 1 aliphatic heterocycles. The Morgan fingerprint density at radius 3 is 2.67 bits per heavy atom. The molecule has 0 aromatic rings. The summed E-state index contributed by atoms with van der Waals surface area (Å²) in [5.41, 5.74) is 0. The third-order valence-electron chi connectivity index (χ3n) is 2.08. The fourth-order valence-electron chi connectivity index (χ4n) is 1.12. The van der Waals surface area contributed by atoms with Crippen LogP contribution in [-0.2, 0) is 9.09 Å². The second-order valence-electron chi connectivity index (χ2n) is 3.16. The first-order valence-electron chi connectivity index (χ1n) is 3.96. The molecule has 3 nitrogen and oxygen atoms in total. The molecule has 1 aliphatic rings. The van der Waals surface area contributed by atoms with E-state index >= 15 is 0 Å². The summed E-state index contributed by atoms with van der Waals surface area (Å²) in [4.78, 5) is 0. The van der Waals surface area contributed by atoms with Crippen molar-refractivity contribution in [3.05, 3.63) is 0 Å². The lowest BCUT2D eigenvalue weighted by Crippen LogP contribution is -2.23. The number of hydrogen-bond donors (Lipinski definition) is 0. The Bertz CT molecular complexity index is 232. The third kappa shape index (κ3) is 1.90. The Labute approximate surface area is 73.6 Å². The zero-order chi connectivity index (χ0) is 9.19. The van der Waals surface area contributed by atoms with Gasteiger partial charge in [0.1, 0.15) is 0 Å². The van der Waals surface area contributed by atoms with Crippen molar-refractivity contribution in [1.29, 1.82) is 0 Å². The van der Waals surface area contributed by atoms with E-state index in [1.165, 1.54) is 0 Å². The first-order chi connectivity index (χ1) is 5.58. The Morgan fingerprint density at radius 2 is 2.33 bits per heavy atom. The van der Waals surface area contributed by atoms with Gasteiger partial charge in [0.15, 0.2) is 0 Å². The van der Waals surface area contributed by atoms with Crippen molar-refractivity contribution < 1.29 is 9.09 Å². The minimum atomic E-state index is -2.50. The summed E-state index contributed by atoms with van der Waals surface area (Å²) in [6, 6.07) is 0. The Morgan fingerprint density at radius 1 is 1.67 bits per heavy atom. The van der Waals surface area contributed by atoms with Crippen molar-refractivity contribution in [2.75, 3.05) is 26.9 Å². The molecule has 0 N–H and O–H groups in total. The van der Waals surface area contributed by atoms with Crippen LogP contribution in [0.3, 0.4) is 0 Å². The van der Waals surface area contributed by atoms with Gasteiger partial charge >= 0.3 is 0 Å². The molecular weight excluding hydrogens is 173 g/mol. The lowest BCUT2D eigenvalue weighted by Gasteiger charge is -2.30. The molecule has 0 aromatic carbocycles. The van der Waals surface area contributed by atoms with Gasteiger partial charge in [-0.2, -0.15) is 0 Å². The Balaban J connectivity index is 2.57. The van der Waals surface area contributed by atoms with E-state index in [4.69, 9.17) is 10.9 Å². The zero-order valence-corrected chi connectivity index (χ0v) is 8.38. The Kier molecular flexibility index (Phi) is 2.95. The molecule has 1 heterocycles. The highest BCUT2D eigenvalue weighted by Gasteiger charge is 2.32. The van der Waals surface area contributed by atoms with Crippen molar-refractivity contribution in [2.24, 2.45) is 5.92 Å². The topological polar surface area (TPSA) is 29.5 Å².